The topological polar surface area (TPSA) is 106 Å². The van der Waals surface area contributed by atoms with Crippen molar-refractivity contribution in [3.05, 3.63) is 54.2 Å². The number of nitrogens with two attached hydrogens (primary N) is 1. The highest BCUT2D eigenvalue weighted by Gasteiger charge is 2.22. The van der Waals surface area contributed by atoms with Crippen LogP contribution in [0.4, 0.5) is 11.6 Å². The quantitative estimate of drug-likeness (QED) is 0.754. The fourth-order valence-electron chi connectivity index (χ4n) is 2.67. The number of nitrogens with zero attached hydrogens (tertiary/aromatic N) is 3. The van der Waals surface area contributed by atoms with E-state index in [0.717, 1.165) is 17.2 Å². The van der Waals surface area contributed by atoms with E-state index in [1.54, 1.807) is 6.07 Å². The largest absolute Gasteiger partial charge is 0.384 e. The molecule has 0 aliphatic heterocycles. The molecule has 0 aliphatic rings. The Kier molecular flexibility index (Phi) is 4.60. The highest BCUT2D eigenvalue weighted by Crippen LogP contribution is 2.25. The maximum absolute atomic E-state index is 12.2. The molecule has 1 aromatic carbocycles. The second-order valence-electron chi connectivity index (χ2n) is 5.97. The first-order chi connectivity index (χ1) is 12.3. The molecule has 1 amide bonds. The normalized spacial score (nSPS) is 11.5. The van der Waals surface area contributed by atoms with Gasteiger partial charge in [0, 0.05) is 24.8 Å². The van der Waals surface area contributed by atoms with Gasteiger partial charge in [-0.05, 0) is 35.9 Å². The van der Waals surface area contributed by atoms with Crippen LogP contribution in [0.15, 0.2) is 53.6 Å². The van der Waals surface area contributed by atoms with Crippen molar-refractivity contribution in [1.29, 1.82) is 0 Å². The maximum Gasteiger partial charge on any atom is 0.225 e. The van der Waals surface area contributed by atoms with Crippen molar-refractivity contribution >= 4 is 38.3 Å². The Bertz CT molecular complexity index is 1100. The predicted molar refractivity (Wildman–Crippen MR) is 100 cm³/mol. The first-order valence-corrected chi connectivity index (χ1v) is 9.73. The summed E-state index contributed by atoms with van der Waals surface area (Å²) in [6.07, 6.45) is 2.55. The summed E-state index contributed by atoms with van der Waals surface area (Å²) in [4.78, 5) is 22.0. The molecule has 0 saturated heterocycles. The molecule has 26 heavy (non-hydrogen) atoms. The summed E-state index contributed by atoms with van der Waals surface area (Å²) >= 11 is 0. The number of anilines is 2. The molecule has 0 bridgehead atoms. The first-order valence-electron chi connectivity index (χ1n) is 7.84. The van der Waals surface area contributed by atoms with Gasteiger partial charge in [0.05, 0.1) is 12.1 Å². The van der Waals surface area contributed by atoms with E-state index < -0.39 is 9.84 Å². The van der Waals surface area contributed by atoms with Crippen molar-refractivity contribution in [2.75, 3.05) is 16.9 Å². The van der Waals surface area contributed by atoms with E-state index in [0.29, 0.717) is 11.3 Å². The Morgan fingerprint density at radius 1 is 1.19 bits per heavy atom. The van der Waals surface area contributed by atoms with E-state index >= 15 is 0 Å². The summed E-state index contributed by atoms with van der Waals surface area (Å²) in [7, 11) is -3.53. The average molecular weight is 370 g/mol. The third-order valence-electron chi connectivity index (χ3n) is 3.90. The molecular formula is C18H18N4O3S. The summed E-state index contributed by atoms with van der Waals surface area (Å²) in [5, 5.41) is 0.923. The van der Waals surface area contributed by atoms with Crippen LogP contribution < -0.4 is 10.6 Å². The van der Waals surface area contributed by atoms with Gasteiger partial charge >= 0.3 is 0 Å². The molecule has 0 unspecified atom stereocenters. The number of aromatic nitrogens is 2. The number of sulfone groups is 1. The molecule has 0 fully saturated rings. The average Bonchev–Trinajstić information content (AvgIpc) is 2.58. The number of benzene rings is 1. The van der Waals surface area contributed by atoms with Gasteiger partial charge < -0.3 is 5.73 Å². The fourth-order valence-corrected chi connectivity index (χ4v) is 3.49. The third kappa shape index (κ3) is 3.65. The molecule has 2 N–H and O–H groups in total. The molecule has 3 rings (SSSR count). The van der Waals surface area contributed by atoms with E-state index in [1.165, 1.54) is 30.2 Å². The Labute approximate surface area is 151 Å². The molecule has 2 heterocycles. The summed E-state index contributed by atoms with van der Waals surface area (Å²) in [5.74, 6) is 0.208. The van der Waals surface area contributed by atoms with Gasteiger partial charge in [0.2, 0.25) is 5.91 Å². The molecule has 3 aromatic rings. The van der Waals surface area contributed by atoms with E-state index in [2.05, 4.69) is 9.97 Å². The highest BCUT2D eigenvalue weighted by molar-refractivity contribution is 7.90. The van der Waals surface area contributed by atoms with Crippen molar-refractivity contribution in [3.8, 4) is 0 Å². The van der Waals surface area contributed by atoms with E-state index in [4.69, 9.17) is 5.73 Å². The molecular weight excluding hydrogens is 352 g/mol. The van der Waals surface area contributed by atoms with Crippen LogP contribution in [-0.2, 0) is 21.2 Å². The minimum Gasteiger partial charge on any atom is -0.384 e. The van der Waals surface area contributed by atoms with Crippen molar-refractivity contribution < 1.29 is 13.2 Å². The van der Waals surface area contributed by atoms with Gasteiger partial charge in [-0.25, -0.2) is 18.4 Å². The standard InChI is InChI=1S/C18H18N4O3S/c1-12(23)22(18-16(26(2,24)25)4-3-9-20-18)11-13-5-6-14-7-8-17(19)21-15(14)10-13/h3-10H,11H2,1-2H3,(H2,19,21). The van der Waals surface area contributed by atoms with Crippen LogP contribution in [0.3, 0.4) is 0 Å². The molecule has 2 aromatic heterocycles. The van der Waals surface area contributed by atoms with Crippen LogP contribution >= 0.6 is 0 Å². The zero-order chi connectivity index (χ0) is 18.9. The molecule has 0 saturated carbocycles. The number of pyridine rings is 2. The Morgan fingerprint density at radius 3 is 2.62 bits per heavy atom. The van der Waals surface area contributed by atoms with Gasteiger partial charge in [-0.2, -0.15) is 0 Å². The molecule has 0 spiro atoms. The number of carbonyl (C=O) groups excluding carboxylic acids is 1. The van der Waals surface area contributed by atoms with Crippen LogP contribution in [0.2, 0.25) is 0 Å². The zero-order valence-electron chi connectivity index (χ0n) is 14.4. The summed E-state index contributed by atoms with van der Waals surface area (Å²) in [6.45, 7) is 1.54. The Balaban J connectivity index is 2.05. The Hall–Kier alpha value is -3.00. The molecule has 0 radical (unpaired) electrons. The lowest BCUT2D eigenvalue weighted by atomic mass is 10.1. The maximum atomic E-state index is 12.2. The van der Waals surface area contributed by atoms with Crippen molar-refractivity contribution in [2.45, 2.75) is 18.4 Å². The van der Waals surface area contributed by atoms with Gasteiger partial charge in [0.25, 0.3) is 0 Å². The lowest BCUT2D eigenvalue weighted by Crippen LogP contribution is -2.30. The molecule has 8 heteroatoms. The van der Waals surface area contributed by atoms with E-state index in [1.807, 2.05) is 24.3 Å². The minimum absolute atomic E-state index is 0.0124. The predicted octanol–water partition coefficient (Wildman–Crippen LogP) is 2.17. The molecule has 0 atom stereocenters. The van der Waals surface area contributed by atoms with Gasteiger partial charge in [-0.15, -0.1) is 0 Å². The number of hydrogen-bond donors (Lipinski definition) is 1. The number of fused-ring (bicyclic) bond motifs is 1. The van der Waals surface area contributed by atoms with Crippen LogP contribution in [0.5, 0.6) is 0 Å². The van der Waals surface area contributed by atoms with Crippen molar-refractivity contribution in [2.24, 2.45) is 0 Å². The van der Waals surface area contributed by atoms with E-state index in [-0.39, 0.29) is 23.2 Å². The minimum atomic E-state index is -3.53. The van der Waals surface area contributed by atoms with Crippen LogP contribution in [0.25, 0.3) is 10.9 Å². The summed E-state index contributed by atoms with van der Waals surface area (Å²) in [5.41, 5.74) is 7.22. The fraction of sp³-hybridized carbons (Fsp3) is 0.167. The lowest BCUT2D eigenvalue weighted by molar-refractivity contribution is -0.116. The van der Waals surface area contributed by atoms with Gasteiger partial charge in [0.1, 0.15) is 10.7 Å². The van der Waals surface area contributed by atoms with Crippen LogP contribution in [0, 0.1) is 0 Å². The first kappa shape index (κ1) is 17.8. The summed E-state index contributed by atoms with van der Waals surface area (Å²) in [6, 6.07) is 12.1. The Morgan fingerprint density at radius 2 is 1.92 bits per heavy atom. The number of hydrogen-bond acceptors (Lipinski definition) is 6. The number of amides is 1. The van der Waals surface area contributed by atoms with Gasteiger partial charge in [0.15, 0.2) is 15.7 Å². The van der Waals surface area contributed by atoms with Gasteiger partial charge in [-0.3, -0.25) is 9.69 Å². The van der Waals surface area contributed by atoms with Gasteiger partial charge in [-0.1, -0.05) is 12.1 Å². The molecule has 7 nitrogen and oxygen atoms in total. The summed E-state index contributed by atoms with van der Waals surface area (Å²) < 4.78 is 24.1. The number of nitrogen functional groups attached to an aromatic ring is 1. The number of rotatable bonds is 4. The molecule has 134 valence electrons. The SMILES string of the molecule is CC(=O)N(Cc1ccc2ccc(N)nc2c1)c1ncccc1S(C)(=O)=O. The highest BCUT2D eigenvalue weighted by atomic mass is 32.2. The van der Waals surface area contributed by atoms with Crippen LogP contribution in [-0.4, -0.2) is 30.5 Å². The number of carbonyl (C=O) groups is 1. The zero-order valence-corrected chi connectivity index (χ0v) is 15.2. The smallest absolute Gasteiger partial charge is 0.225 e. The second-order valence-corrected chi connectivity index (χ2v) is 7.95. The van der Waals surface area contributed by atoms with E-state index in [9.17, 15) is 13.2 Å². The lowest BCUT2D eigenvalue weighted by Gasteiger charge is -2.22. The van der Waals surface area contributed by atoms with Crippen molar-refractivity contribution in [3.63, 3.8) is 0 Å². The monoisotopic (exact) mass is 370 g/mol. The second kappa shape index (κ2) is 6.72. The van der Waals surface area contributed by atoms with Crippen molar-refractivity contribution in [1.82, 2.24) is 9.97 Å². The third-order valence-corrected chi connectivity index (χ3v) is 5.02. The van der Waals surface area contributed by atoms with Crippen LogP contribution in [0.1, 0.15) is 12.5 Å². The molecule has 0 aliphatic carbocycles.